The fourth-order valence-corrected chi connectivity index (χ4v) is 2.62. The third kappa shape index (κ3) is 4.47. The van der Waals surface area contributed by atoms with Gasteiger partial charge in [-0.2, -0.15) is 0 Å². The standard InChI is InChI=1S/C21H21NO5/c1-3-10-26-19-8-5-14(11-20(19)25-2)4-7-17(23)15-6-9-18-16(12-15)22-21(24)13-27-18/h4-9,11-12H,3,10,13H2,1-2H3,(H,22,24)/b7-4+. The molecule has 1 amide bonds. The van der Waals surface area contributed by atoms with E-state index in [1.165, 1.54) is 6.08 Å². The summed E-state index contributed by atoms with van der Waals surface area (Å²) in [5.74, 6) is 1.44. The number of amides is 1. The molecule has 0 spiro atoms. The second-order valence-corrected chi connectivity index (χ2v) is 6.00. The maximum absolute atomic E-state index is 12.5. The van der Waals surface area contributed by atoms with Gasteiger partial charge in [0, 0.05) is 5.56 Å². The Morgan fingerprint density at radius 3 is 2.85 bits per heavy atom. The van der Waals surface area contributed by atoms with Gasteiger partial charge < -0.3 is 19.5 Å². The maximum Gasteiger partial charge on any atom is 0.262 e. The van der Waals surface area contributed by atoms with E-state index in [1.54, 1.807) is 31.4 Å². The normalized spacial score (nSPS) is 12.9. The van der Waals surface area contributed by atoms with E-state index in [1.807, 2.05) is 25.1 Å². The molecule has 2 aromatic rings. The monoisotopic (exact) mass is 367 g/mol. The lowest BCUT2D eigenvalue weighted by atomic mass is 10.1. The number of allylic oxidation sites excluding steroid dienone is 1. The van der Waals surface area contributed by atoms with Crippen molar-refractivity contribution in [2.24, 2.45) is 0 Å². The number of anilines is 1. The van der Waals surface area contributed by atoms with Gasteiger partial charge in [0.1, 0.15) is 5.75 Å². The Hall–Kier alpha value is -3.28. The van der Waals surface area contributed by atoms with E-state index in [0.29, 0.717) is 35.1 Å². The van der Waals surface area contributed by atoms with Crippen LogP contribution in [0.25, 0.3) is 6.08 Å². The lowest BCUT2D eigenvalue weighted by Gasteiger charge is -2.17. The third-order valence-corrected chi connectivity index (χ3v) is 3.97. The third-order valence-electron chi connectivity index (χ3n) is 3.97. The molecule has 0 fully saturated rings. The van der Waals surface area contributed by atoms with Gasteiger partial charge in [0.05, 0.1) is 19.4 Å². The van der Waals surface area contributed by atoms with Crippen molar-refractivity contribution in [3.63, 3.8) is 0 Å². The summed E-state index contributed by atoms with van der Waals surface area (Å²) in [5, 5.41) is 2.70. The van der Waals surface area contributed by atoms with Gasteiger partial charge in [0.25, 0.3) is 5.91 Å². The fraction of sp³-hybridized carbons (Fsp3) is 0.238. The number of nitrogens with one attached hydrogen (secondary N) is 1. The number of hydrogen-bond donors (Lipinski definition) is 1. The number of methoxy groups -OCH3 is 1. The molecule has 0 unspecified atom stereocenters. The van der Waals surface area contributed by atoms with Crippen LogP contribution in [0.5, 0.6) is 17.2 Å². The second-order valence-electron chi connectivity index (χ2n) is 6.00. The van der Waals surface area contributed by atoms with Gasteiger partial charge in [-0.05, 0) is 48.4 Å². The molecule has 27 heavy (non-hydrogen) atoms. The molecule has 1 aliphatic heterocycles. The molecule has 140 valence electrons. The molecule has 2 aromatic carbocycles. The number of hydrogen-bond acceptors (Lipinski definition) is 5. The largest absolute Gasteiger partial charge is 0.493 e. The summed E-state index contributed by atoms with van der Waals surface area (Å²) in [7, 11) is 1.58. The van der Waals surface area contributed by atoms with Crippen molar-refractivity contribution in [2.45, 2.75) is 13.3 Å². The van der Waals surface area contributed by atoms with Crippen LogP contribution in [0.15, 0.2) is 42.5 Å². The molecule has 0 bridgehead atoms. The molecule has 0 saturated carbocycles. The zero-order valence-electron chi connectivity index (χ0n) is 15.3. The summed E-state index contributed by atoms with van der Waals surface area (Å²) in [6.45, 7) is 2.63. The van der Waals surface area contributed by atoms with Gasteiger partial charge in [0.2, 0.25) is 0 Å². The molecule has 0 aromatic heterocycles. The van der Waals surface area contributed by atoms with E-state index in [0.717, 1.165) is 12.0 Å². The Morgan fingerprint density at radius 1 is 1.22 bits per heavy atom. The van der Waals surface area contributed by atoms with Crippen LogP contribution in [-0.4, -0.2) is 32.0 Å². The summed E-state index contributed by atoms with van der Waals surface area (Å²) in [6.07, 6.45) is 4.10. The number of carbonyl (C=O) groups excluding carboxylic acids is 2. The highest BCUT2D eigenvalue weighted by molar-refractivity contribution is 6.08. The number of rotatable bonds is 7. The molecule has 6 heteroatoms. The van der Waals surface area contributed by atoms with Gasteiger partial charge in [-0.25, -0.2) is 0 Å². The molecule has 0 atom stereocenters. The molecule has 1 aliphatic rings. The Labute approximate surface area is 157 Å². The molecule has 0 saturated heterocycles. The van der Waals surface area contributed by atoms with E-state index in [4.69, 9.17) is 14.2 Å². The minimum Gasteiger partial charge on any atom is -0.493 e. The van der Waals surface area contributed by atoms with E-state index in [-0.39, 0.29) is 18.3 Å². The minimum absolute atomic E-state index is 0.0139. The number of ketones is 1. The van der Waals surface area contributed by atoms with Crippen LogP contribution in [-0.2, 0) is 4.79 Å². The van der Waals surface area contributed by atoms with Crippen LogP contribution in [0, 0.1) is 0 Å². The molecule has 1 heterocycles. The first kappa shape index (κ1) is 18.5. The van der Waals surface area contributed by atoms with E-state index in [2.05, 4.69) is 5.32 Å². The summed E-state index contributed by atoms with van der Waals surface area (Å²) in [6, 6.07) is 10.5. The minimum atomic E-state index is -0.236. The quantitative estimate of drug-likeness (QED) is 0.596. The van der Waals surface area contributed by atoms with E-state index >= 15 is 0 Å². The van der Waals surface area contributed by atoms with Gasteiger partial charge in [-0.3, -0.25) is 9.59 Å². The maximum atomic E-state index is 12.5. The predicted molar refractivity (Wildman–Crippen MR) is 103 cm³/mol. The van der Waals surface area contributed by atoms with Crippen LogP contribution in [0.4, 0.5) is 5.69 Å². The van der Waals surface area contributed by atoms with Gasteiger partial charge >= 0.3 is 0 Å². The van der Waals surface area contributed by atoms with Crippen molar-refractivity contribution < 1.29 is 23.8 Å². The molecular formula is C21H21NO5. The molecular weight excluding hydrogens is 346 g/mol. The summed E-state index contributed by atoms with van der Waals surface area (Å²) < 4.78 is 16.3. The number of carbonyl (C=O) groups is 2. The molecule has 6 nitrogen and oxygen atoms in total. The second kappa shape index (κ2) is 8.40. The summed E-state index contributed by atoms with van der Waals surface area (Å²) in [5.41, 5.74) is 1.79. The average Bonchev–Trinajstić information content (AvgIpc) is 2.70. The summed E-state index contributed by atoms with van der Waals surface area (Å²) in [4.78, 5) is 23.9. The smallest absolute Gasteiger partial charge is 0.262 e. The lowest BCUT2D eigenvalue weighted by Crippen LogP contribution is -2.25. The van der Waals surface area contributed by atoms with E-state index < -0.39 is 0 Å². The zero-order valence-corrected chi connectivity index (χ0v) is 15.3. The van der Waals surface area contributed by atoms with Crippen molar-refractivity contribution in [3.05, 3.63) is 53.6 Å². The number of benzene rings is 2. The Balaban J connectivity index is 1.75. The number of fused-ring (bicyclic) bond motifs is 1. The fourth-order valence-electron chi connectivity index (χ4n) is 2.62. The first-order chi connectivity index (χ1) is 13.1. The Morgan fingerprint density at radius 2 is 2.07 bits per heavy atom. The first-order valence-electron chi connectivity index (χ1n) is 8.70. The SMILES string of the molecule is CCCOc1ccc(/C=C/C(=O)c2ccc3c(c2)NC(=O)CO3)cc1OC. The van der Waals surface area contributed by atoms with Gasteiger partial charge in [-0.1, -0.05) is 19.1 Å². The van der Waals surface area contributed by atoms with Crippen molar-refractivity contribution in [3.8, 4) is 17.2 Å². The highest BCUT2D eigenvalue weighted by atomic mass is 16.5. The highest BCUT2D eigenvalue weighted by Gasteiger charge is 2.17. The predicted octanol–water partition coefficient (Wildman–Crippen LogP) is 3.71. The van der Waals surface area contributed by atoms with Gasteiger partial charge in [-0.15, -0.1) is 0 Å². The molecule has 0 radical (unpaired) electrons. The number of ether oxygens (including phenoxy) is 3. The van der Waals surface area contributed by atoms with Crippen LogP contribution in [0.3, 0.4) is 0 Å². The molecule has 3 rings (SSSR count). The van der Waals surface area contributed by atoms with Crippen LogP contribution >= 0.6 is 0 Å². The van der Waals surface area contributed by atoms with Crippen LogP contribution in [0.1, 0.15) is 29.3 Å². The Kier molecular flexibility index (Phi) is 5.76. The first-order valence-corrected chi connectivity index (χ1v) is 8.70. The topological polar surface area (TPSA) is 73.9 Å². The molecule has 1 N–H and O–H groups in total. The van der Waals surface area contributed by atoms with Crippen molar-refractivity contribution in [1.82, 2.24) is 0 Å². The average molecular weight is 367 g/mol. The van der Waals surface area contributed by atoms with Crippen molar-refractivity contribution in [1.29, 1.82) is 0 Å². The van der Waals surface area contributed by atoms with Gasteiger partial charge in [0.15, 0.2) is 23.9 Å². The summed E-state index contributed by atoms with van der Waals surface area (Å²) >= 11 is 0. The van der Waals surface area contributed by atoms with Crippen molar-refractivity contribution >= 4 is 23.5 Å². The van der Waals surface area contributed by atoms with Crippen LogP contribution < -0.4 is 19.5 Å². The lowest BCUT2D eigenvalue weighted by molar-refractivity contribution is -0.118. The van der Waals surface area contributed by atoms with Crippen molar-refractivity contribution in [2.75, 3.05) is 25.6 Å². The van der Waals surface area contributed by atoms with Crippen LogP contribution in [0.2, 0.25) is 0 Å². The zero-order chi connectivity index (χ0) is 19.2. The molecule has 0 aliphatic carbocycles. The van der Waals surface area contributed by atoms with E-state index in [9.17, 15) is 9.59 Å². The highest BCUT2D eigenvalue weighted by Crippen LogP contribution is 2.30. The Bertz CT molecular complexity index is 888.